The Hall–Kier alpha value is -1.37. The zero-order chi connectivity index (χ0) is 10.6. The maximum absolute atomic E-state index is 11.0. The molecule has 0 bridgehead atoms. The van der Waals surface area contributed by atoms with Gasteiger partial charge >= 0.3 is 5.97 Å². The number of carboxylic acid groups (broad SMARTS) is 1. The third-order valence-corrected chi connectivity index (χ3v) is 2.26. The summed E-state index contributed by atoms with van der Waals surface area (Å²) in [5.74, 6) is -0.511. The van der Waals surface area contributed by atoms with E-state index in [2.05, 4.69) is 15.2 Å². The van der Waals surface area contributed by atoms with Gasteiger partial charge in [0.1, 0.15) is 5.69 Å². The van der Waals surface area contributed by atoms with Crippen molar-refractivity contribution in [2.45, 2.75) is 18.5 Å². The second kappa shape index (κ2) is 4.75. The minimum absolute atomic E-state index is 0.0300. The van der Waals surface area contributed by atoms with Gasteiger partial charge in [-0.15, -0.1) is 10.2 Å². The molecule has 76 valence electrons. The van der Waals surface area contributed by atoms with Gasteiger partial charge in [-0.3, -0.25) is 14.6 Å². The van der Waals surface area contributed by atoms with Crippen molar-refractivity contribution in [3.8, 4) is 0 Å². The fourth-order valence-corrected chi connectivity index (χ4v) is 1.41. The average Bonchev–Trinajstić information content (AvgIpc) is 2.10. The second-order valence-corrected chi connectivity index (χ2v) is 3.62. The predicted molar refractivity (Wildman–Crippen MR) is 50.4 cm³/mol. The molecule has 0 spiro atoms. The van der Waals surface area contributed by atoms with Crippen molar-refractivity contribution in [3.63, 3.8) is 0 Å². The molecule has 1 rings (SSSR count). The van der Waals surface area contributed by atoms with Gasteiger partial charge in [-0.05, 0) is 6.92 Å². The van der Waals surface area contributed by atoms with Crippen LogP contribution >= 0.6 is 11.8 Å². The zero-order valence-corrected chi connectivity index (χ0v) is 8.30. The number of carbonyl (C=O) groups is 1. The van der Waals surface area contributed by atoms with Crippen LogP contribution in [0.4, 0.5) is 0 Å². The Morgan fingerprint density at radius 1 is 1.57 bits per heavy atom. The van der Waals surface area contributed by atoms with E-state index in [1.807, 2.05) is 0 Å². The number of carboxylic acids is 1. The number of aliphatic carboxylic acids is 1. The molecule has 14 heavy (non-hydrogen) atoms. The molecule has 1 aromatic heterocycles. The molecule has 0 saturated heterocycles. The zero-order valence-electron chi connectivity index (χ0n) is 7.48. The van der Waals surface area contributed by atoms with Gasteiger partial charge in [-0.2, -0.15) is 0 Å². The quantitative estimate of drug-likeness (QED) is 0.688. The molecule has 7 heteroatoms. The number of rotatable bonds is 4. The maximum Gasteiger partial charge on any atom is 0.304 e. The molecule has 0 atom stereocenters. The minimum Gasteiger partial charge on any atom is -0.481 e. The Morgan fingerprint density at radius 3 is 2.86 bits per heavy atom. The van der Waals surface area contributed by atoms with Gasteiger partial charge in [0.05, 0.1) is 6.42 Å². The monoisotopic (exact) mass is 215 g/mol. The van der Waals surface area contributed by atoms with Gasteiger partial charge in [0.25, 0.3) is 5.56 Å². The van der Waals surface area contributed by atoms with E-state index in [9.17, 15) is 9.59 Å². The van der Waals surface area contributed by atoms with Gasteiger partial charge < -0.3 is 5.11 Å². The van der Waals surface area contributed by atoms with Crippen LogP contribution < -0.4 is 5.56 Å². The smallest absolute Gasteiger partial charge is 0.304 e. The summed E-state index contributed by atoms with van der Waals surface area (Å²) < 4.78 is 0. The number of hydrogen-bond acceptors (Lipinski definition) is 5. The fourth-order valence-electron chi connectivity index (χ4n) is 0.678. The van der Waals surface area contributed by atoms with Crippen molar-refractivity contribution in [1.29, 1.82) is 0 Å². The lowest BCUT2D eigenvalue weighted by atomic mass is 10.5. The number of aromatic amines is 1. The van der Waals surface area contributed by atoms with E-state index in [0.29, 0.717) is 16.6 Å². The first kappa shape index (κ1) is 10.7. The van der Waals surface area contributed by atoms with E-state index in [0.717, 1.165) is 11.8 Å². The topological polar surface area (TPSA) is 95.9 Å². The normalized spacial score (nSPS) is 10.1. The number of nitrogens with one attached hydrogen (secondary N) is 1. The van der Waals surface area contributed by atoms with Crippen LogP contribution in [0.5, 0.6) is 0 Å². The highest BCUT2D eigenvalue weighted by Gasteiger charge is 2.02. The summed E-state index contributed by atoms with van der Waals surface area (Å²) in [5.41, 5.74) is 0.00501. The summed E-state index contributed by atoms with van der Waals surface area (Å²) in [4.78, 5) is 23.7. The molecule has 1 heterocycles. The van der Waals surface area contributed by atoms with Crippen LogP contribution in [0.25, 0.3) is 0 Å². The predicted octanol–water partition coefficient (Wildman–Crippen LogP) is 0.0401. The molecule has 0 aliphatic carbocycles. The van der Waals surface area contributed by atoms with Crippen LogP contribution in [0.2, 0.25) is 0 Å². The molecule has 2 N–H and O–H groups in total. The largest absolute Gasteiger partial charge is 0.481 e. The van der Waals surface area contributed by atoms with E-state index in [1.165, 1.54) is 0 Å². The number of thioether (sulfide) groups is 1. The van der Waals surface area contributed by atoms with Crippen LogP contribution in [0, 0.1) is 6.92 Å². The summed E-state index contributed by atoms with van der Waals surface area (Å²) in [6, 6.07) is 0. The molecule has 1 aromatic rings. The SMILES string of the molecule is Cc1nnc(SCCC(=O)O)[nH]c1=O. The van der Waals surface area contributed by atoms with E-state index < -0.39 is 5.97 Å². The van der Waals surface area contributed by atoms with E-state index in [-0.39, 0.29) is 12.0 Å². The van der Waals surface area contributed by atoms with Crippen molar-refractivity contribution in [3.05, 3.63) is 16.0 Å². The van der Waals surface area contributed by atoms with Crippen molar-refractivity contribution in [2.75, 3.05) is 5.75 Å². The van der Waals surface area contributed by atoms with Gasteiger partial charge in [0.15, 0.2) is 5.16 Å². The highest BCUT2D eigenvalue weighted by Crippen LogP contribution is 2.10. The summed E-state index contributed by atoms with van der Waals surface area (Å²) in [6.07, 6.45) is 0.0300. The molecule has 0 saturated carbocycles. The summed E-state index contributed by atoms with van der Waals surface area (Å²) in [6.45, 7) is 1.55. The Morgan fingerprint density at radius 2 is 2.29 bits per heavy atom. The number of nitrogens with zero attached hydrogens (tertiary/aromatic N) is 2. The molecule has 0 aliphatic heterocycles. The Balaban J connectivity index is 2.56. The van der Waals surface area contributed by atoms with Crippen LogP contribution in [-0.4, -0.2) is 32.0 Å². The first-order valence-corrected chi connectivity index (χ1v) is 4.86. The van der Waals surface area contributed by atoms with E-state index in [4.69, 9.17) is 5.11 Å². The number of H-pyrrole nitrogens is 1. The summed E-state index contributed by atoms with van der Waals surface area (Å²) in [5, 5.41) is 16.0. The lowest BCUT2D eigenvalue weighted by Crippen LogP contribution is -2.14. The van der Waals surface area contributed by atoms with Gasteiger partial charge in [-0.1, -0.05) is 11.8 Å². The minimum atomic E-state index is -0.875. The lowest BCUT2D eigenvalue weighted by Gasteiger charge is -1.97. The average molecular weight is 215 g/mol. The molecule has 0 radical (unpaired) electrons. The molecule has 6 nitrogen and oxygen atoms in total. The molecule has 0 aliphatic rings. The third-order valence-electron chi connectivity index (χ3n) is 1.39. The molecule has 0 fully saturated rings. The molecule has 0 amide bonds. The maximum atomic E-state index is 11.0. The Labute approximate surface area is 83.8 Å². The first-order chi connectivity index (χ1) is 6.59. The molecular formula is C7H9N3O3S. The van der Waals surface area contributed by atoms with E-state index in [1.54, 1.807) is 6.92 Å². The van der Waals surface area contributed by atoms with Crippen molar-refractivity contribution in [2.24, 2.45) is 0 Å². The Bertz CT molecular complexity index is 390. The van der Waals surface area contributed by atoms with E-state index >= 15 is 0 Å². The van der Waals surface area contributed by atoms with Crippen molar-refractivity contribution >= 4 is 17.7 Å². The van der Waals surface area contributed by atoms with Gasteiger partial charge in [-0.25, -0.2) is 0 Å². The van der Waals surface area contributed by atoms with Crippen molar-refractivity contribution < 1.29 is 9.90 Å². The highest BCUT2D eigenvalue weighted by molar-refractivity contribution is 7.99. The number of hydrogen-bond donors (Lipinski definition) is 2. The standard InChI is InChI=1S/C7H9N3O3S/c1-4-6(13)8-7(10-9-4)14-3-2-5(11)12/h2-3H2,1H3,(H,11,12)(H,8,10,13). The lowest BCUT2D eigenvalue weighted by molar-refractivity contribution is -0.136. The van der Waals surface area contributed by atoms with Crippen molar-refractivity contribution in [1.82, 2.24) is 15.2 Å². The highest BCUT2D eigenvalue weighted by atomic mass is 32.2. The van der Waals surface area contributed by atoms with Gasteiger partial charge in [0, 0.05) is 5.75 Å². The van der Waals surface area contributed by atoms with Crippen LogP contribution in [-0.2, 0) is 4.79 Å². The molecule has 0 aromatic carbocycles. The van der Waals surface area contributed by atoms with Crippen LogP contribution in [0.15, 0.2) is 9.95 Å². The summed E-state index contributed by atoms with van der Waals surface area (Å²) >= 11 is 1.16. The molecule has 0 unspecified atom stereocenters. The first-order valence-electron chi connectivity index (χ1n) is 3.88. The Kier molecular flexibility index (Phi) is 3.63. The van der Waals surface area contributed by atoms with Gasteiger partial charge in [0.2, 0.25) is 0 Å². The number of aryl methyl sites for hydroxylation is 1. The van der Waals surface area contributed by atoms with Crippen LogP contribution in [0.3, 0.4) is 0 Å². The summed E-state index contributed by atoms with van der Waals surface area (Å²) in [7, 11) is 0. The molecular weight excluding hydrogens is 206 g/mol. The van der Waals surface area contributed by atoms with Crippen LogP contribution in [0.1, 0.15) is 12.1 Å². The fraction of sp³-hybridized carbons (Fsp3) is 0.429. The number of aromatic nitrogens is 3. The second-order valence-electron chi connectivity index (χ2n) is 2.54. The third kappa shape index (κ3) is 3.17.